The third-order valence-corrected chi connectivity index (χ3v) is 3.85. The highest BCUT2D eigenvalue weighted by atomic mass is 35.5. The van der Waals surface area contributed by atoms with Crippen molar-refractivity contribution in [3.05, 3.63) is 21.3 Å². The van der Waals surface area contributed by atoms with Gasteiger partial charge in [0.15, 0.2) is 0 Å². The minimum atomic E-state index is 0.129. The Morgan fingerprint density at radius 2 is 2.47 bits per heavy atom. The molecular formula is C11H14ClNOS. The molecule has 2 rings (SSSR count). The molecule has 0 aromatic carbocycles. The highest BCUT2D eigenvalue weighted by molar-refractivity contribution is 7.14. The van der Waals surface area contributed by atoms with E-state index in [1.165, 1.54) is 17.8 Å². The Bertz CT molecular complexity index is 363. The van der Waals surface area contributed by atoms with E-state index in [0.29, 0.717) is 10.3 Å². The number of likely N-dealkylation sites (tertiary alicyclic amines) is 1. The first kappa shape index (κ1) is 11.0. The van der Waals surface area contributed by atoms with Gasteiger partial charge in [-0.15, -0.1) is 11.3 Å². The fraction of sp³-hybridized carbons (Fsp3) is 0.545. The number of nitrogens with zero attached hydrogens (tertiary/aromatic N) is 1. The van der Waals surface area contributed by atoms with E-state index in [2.05, 4.69) is 6.92 Å². The Morgan fingerprint density at radius 1 is 1.67 bits per heavy atom. The molecule has 4 heteroatoms. The van der Waals surface area contributed by atoms with E-state index in [-0.39, 0.29) is 5.91 Å². The molecule has 1 aromatic heterocycles. The second-order valence-electron chi connectivity index (χ2n) is 4.14. The lowest BCUT2D eigenvalue weighted by Gasteiger charge is -2.30. The number of rotatable bonds is 1. The molecule has 0 aliphatic carbocycles. The molecule has 2 heterocycles. The van der Waals surface area contributed by atoms with Gasteiger partial charge in [0.25, 0.3) is 5.91 Å². The van der Waals surface area contributed by atoms with Crippen molar-refractivity contribution < 1.29 is 4.79 Å². The van der Waals surface area contributed by atoms with Crippen LogP contribution in [0.1, 0.15) is 30.1 Å². The first-order valence-corrected chi connectivity index (χ1v) is 6.46. The Balaban J connectivity index is 2.07. The molecule has 0 bridgehead atoms. The molecule has 1 fully saturated rings. The largest absolute Gasteiger partial charge is 0.338 e. The number of carbonyl (C=O) groups excluding carboxylic acids is 1. The predicted octanol–water partition coefficient (Wildman–Crippen LogP) is 3.27. The number of carbonyl (C=O) groups is 1. The molecule has 1 aliphatic heterocycles. The van der Waals surface area contributed by atoms with Crippen LogP contribution in [-0.4, -0.2) is 23.9 Å². The van der Waals surface area contributed by atoms with E-state index in [1.807, 2.05) is 10.3 Å². The number of thiophene rings is 1. The lowest BCUT2D eigenvalue weighted by atomic mass is 10.00. The van der Waals surface area contributed by atoms with Gasteiger partial charge in [-0.1, -0.05) is 18.5 Å². The maximum Gasteiger partial charge on any atom is 0.254 e. The van der Waals surface area contributed by atoms with Crippen molar-refractivity contribution in [2.45, 2.75) is 19.8 Å². The zero-order valence-electron chi connectivity index (χ0n) is 8.70. The van der Waals surface area contributed by atoms with Crippen LogP contribution in [0.2, 0.25) is 4.34 Å². The number of halogens is 1. The van der Waals surface area contributed by atoms with E-state index in [4.69, 9.17) is 11.6 Å². The molecule has 1 amide bonds. The zero-order chi connectivity index (χ0) is 10.8. The van der Waals surface area contributed by atoms with Crippen LogP contribution in [0.25, 0.3) is 0 Å². The third kappa shape index (κ3) is 2.52. The summed E-state index contributed by atoms with van der Waals surface area (Å²) in [7, 11) is 0. The number of piperidine rings is 1. The first-order valence-electron chi connectivity index (χ1n) is 5.20. The highest BCUT2D eigenvalue weighted by Gasteiger charge is 2.22. The van der Waals surface area contributed by atoms with Gasteiger partial charge in [0, 0.05) is 18.5 Å². The Labute approximate surface area is 98.8 Å². The molecule has 0 spiro atoms. The highest BCUT2D eigenvalue weighted by Crippen LogP contribution is 2.23. The quantitative estimate of drug-likeness (QED) is 0.741. The van der Waals surface area contributed by atoms with Crippen LogP contribution in [0.5, 0.6) is 0 Å². The molecule has 0 saturated carbocycles. The Kier molecular flexibility index (Phi) is 3.32. The monoisotopic (exact) mass is 243 g/mol. The summed E-state index contributed by atoms with van der Waals surface area (Å²) in [5.41, 5.74) is 0.735. The first-order chi connectivity index (χ1) is 7.16. The van der Waals surface area contributed by atoms with Gasteiger partial charge in [-0.3, -0.25) is 4.79 Å². The summed E-state index contributed by atoms with van der Waals surface area (Å²) in [6.07, 6.45) is 2.35. The van der Waals surface area contributed by atoms with Crippen molar-refractivity contribution in [3.63, 3.8) is 0 Å². The summed E-state index contributed by atoms with van der Waals surface area (Å²) in [5.74, 6) is 0.751. The van der Waals surface area contributed by atoms with Gasteiger partial charge in [0.2, 0.25) is 0 Å². The van der Waals surface area contributed by atoms with E-state index in [9.17, 15) is 4.79 Å². The zero-order valence-corrected chi connectivity index (χ0v) is 10.3. The van der Waals surface area contributed by atoms with Crippen molar-refractivity contribution in [2.24, 2.45) is 5.92 Å². The van der Waals surface area contributed by atoms with Gasteiger partial charge >= 0.3 is 0 Å². The molecule has 1 aliphatic rings. The van der Waals surface area contributed by atoms with Gasteiger partial charge in [-0.2, -0.15) is 0 Å². The number of hydrogen-bond acceptors (Lipinski definition) is 2. The van der Waals surface area contributed by atoms with E-state index in [1.54, 1.807) is 6.07 Å². The molecule has 0 radical (unpaired) electrons. The van der Waals surface area contributed by atoms with Crippen molar-refractivity contribution in [2.75, 3.05) is 13.1 Å². The third-order valence-electron chi connectivity index (χ3n) is 2.76. The van der Waals surface area contributed by atoms with Crippen LogP contribution in [0.15, 0.2) is 11.4 Å². The molecule has 1 saturated heterocycles. The maximum absolute atomic E-state index is 12.0. The summed E-state index contributed by atoms with van der Waals surface area (Å²) in [6.45, 7) is 3.96. The van der Waals surface area contributed by atoms with E-state index < -0.39 is 0 Å². The van der Waals surface area contributed by atoms with Crippen LogP contribution < -0.4 is 0 Å². The van der Waals surface area contributed by atoms with Gasteiger partial charge in [-0.25, -0.2) is 0 Å². The smallest absolute Gasteiger partial charge is 0.254 e. The topological polar surface area (TPSA) is 20.3 Å². The Morgan fingerprint density at radius 3 is 3.07 bits per heavy atom. The standard InChI is InChI=1S/C11H14ClNOS/c1-8-3-2-4-13(6-8)11(14)9-5-10(12)15-7-9/h5,7-8H,2-4,6H2,1H3. The molecule has 1 unspecified atom stereocenters. The molecule has 2 nitrogen and oxygen atoms in total. The lowest BCUT2D eigenvalue weighted by molar-refractivity contribution is 0.0683. The average Bonchev–Trinajstić information content (AvgIpc) is 2.64. The lowest BCUT2D eigenvalue weighted by Crippen LogP contribution is -2.38. The fourth-order valence-corrected chi connectivity index (χ4v) is 2.83. The summed E-state index contributed by atoms with van der Waals surface area (Å²) in [6, 6.07) is 1.76. The summed E-state index contributed by atoms with van der Waals surface area (Å²) < 4.78 is 0.684. The van der Waals surface area contributed by atoms with Gasteiger partial charge in [0.1, 0.15) is 0 Å². The molecule has 1 atom stereocenters. The molecule has 15 heavy (non-hydrogen) atoms. The number of hydrogen-bond donors (Lipinski definition) is 0. The van der Waals surface area contributed by atoms with Crippen LogP contribution in [0.3, 0.4) is 0 Å². The van der Waals surface area contributed by atoms with Crippen molar-refractivity contribution in [1.82, 2.24) is 4.90 Å². The van der Waals surface area contributed by atoms with Crippen LogP contribution in [0, 0.1) is 5.92 Å². The SMILES string of the molecule is CC1CCCN(C(=O)c2csc(Cl)c2)C1. The molecule has 1 aromatic rings. The van der Waals surface area contributed by atoms with Crippen molar-refractivity contribution in [3.8, 4) is 0 Å². The van der Waals surface area contributed by atoms with Gasteiger partial charge < -0.3 is 4.90 Å². The van der Waals surface area contributed by atoms with Crippen molar-refractivity contribution in [1.29, 1.82) is 0 Å². The van der Waals surface area contributed by atoms with Gasteiger partial charge in [0.05, 0.1) is 9.90 Å². The Hall–Kier alpha value is -0.540. The van der Waals surface area contributed by atoms with Crippen LogP contribution >= 0.6 is 22.9 Å². The average molecular weight is 244 g/mol. The van der Waals surface area contributed by atoms with E-state index in [0.717, 1.165) is 25.1 Å². The van der Waals surface area contributed by atoms with E-state index >= 15 is 0 Å². The minimum Gasteiger partial charge on any atom is -0.338 e. The van der Waals surface area contributed by atoms with Crippen LogP contribution in [0.4, 0.5) is 0 Å². The second kappa shape index (κ2) is 4.54. The summed E-state index contributed by atoms with van der Waals surface area (Å²) in [4.78, 5) is 14.0. The van der Waals surface area contributed by atoms with Crippen molar-refractivity contribution >= 4 is 28.8 Å². The van der Waals surface area contributed by atoms with Gasteiger partial charge in [-0.05, 0) is 24.8 Å². The molecule has 0 N–H and O–H groups in total. The molecular weight excluding hydrogens is 230 g/mol. The normalized spacial score (nSPS) is 21.7. The fourth-order valence-electron chi connectivity index (χ4n) is 1.98. The number of amides is 1. The maximum atomic E-state index is 12.0. The minimum absolute atomic E-state index is 0.129. The van der Waals surface area contributed by atoms with Crippen LogP contribution in [-0.2, 0) is 0 Å². The molecule has 82 valence electrons. The second-order valence-corrected chi connectivity index (χ2v) is 5.68. The summed E-state index contributed by atoms with van der Waals surface area (Å²) >= 11 is 7.24. The predicted molar refractivity (Wildman–Crippen MR) is 63.6 cm³/mol. The summed E-state index contributed by atoms with van der Waals surface area (Å²) in [5, 5.41) is 1.84.